The first-order valence-electron chi connectivity index (χ1n) is 4.61. The second-order valence-electron chi connectivity index (χ2n) is 2.97. The summed E-state index contributed by atoms with van der Waals surface area (Å²) in [6.45, 7) is 2.88. The number of unbranched alkanes of at least 4 members (excludes halogenated alkanes) is 1. The molecular weight excluding hydrogens is 184 g/mol. The SMILES string of the molecule is CCCCOCn1ccc(=O)[nH]c1=O. The number of H-pyrrole nitrogens is 1. The first-order valence-corrected chi connectivity index (χ1v) is 4.61. The van der Waals surface area contributed by atoms with E-state index in [-0.39, 0.29) is 12.3 Å². The first-order chi connectivity index (χ1) is 6.74. The van der Waals surface area contributed by atoms with Gasteiger partial charge in [-0.15, -0.1) is 0 Å². The standard InChI is InChI=1S/C9H14N2O3/c1-2-3-6-14-7-11-5-4-8(12)10-9(11)13/h4-5H,2-3,6-7H2,1H3,(H,10,12,13). The Labute approximate surface area is 81.3 Å². The molecule has 0 amide bonds. The molecule has 14 heavy (non-hydrogen) atoms. The van der Waals surface area contributed by atoms with Gasteiger partial charge < -0.3 is 4.74 Å². The summed E-state index contributed by atoms with van der Waals surface area (Å²) in [7, 11) is 0. The number of hydrogen-bond acceptors (Lipinski definition) is 3. The molecular formula is C9H14N2O3. The lowest BCUT2D eigenvalue weighted by Crippen LogP contribution is -2.29. The summed E-state index contributed by atoms with van der Waals surface area (Å²) in [4.78, 5) is 24.0. The number of hydrogen-bond donors (Lipinski definition) is 1. The molecule has 0 bridgehead atoms. The van der Waals surface area contributed by atoms with E-state index in [1.165, 1.54) is 16.8 Å². The van der Waals surface area contributed by atoms with Crippen molar-refractivity contribution >= 4 is 0 Å². The molecule has 0 radical (unpaired) electrons. The molecule has 1 N–H and O–H groups in total. The fourth-order valence-electron chi connectivity index (χ4n) is 0.955. The number of ether oxygens (including phenoxy) is 1. The van der Waals surface area contributed by atoms with Crippen LogP contribution in [0.3, 0.4) is 0 Å². The molecule has 1 aromatic rings. The lowest BCUT2D eigenvalue weighted by atomic mass is 10.4. The molecule has 0 aliphatic heterocycles. The van der Waals surface area contributed by atoms with Crippen molar-refractivity contribution in [2.24, 2.45) is 0 Å². The monoisotopic (exact) mass is 198 g/mol. The normalized spacial score (nSPS) is 10.4. The van der Waals surface area contributed by atoms with Gasteiger partial charge >= 0.3 is 5.69 Å². The molecule has 0 aromatic carbocycles. The van der Waals surface area contributed by atoms with Crippen molar-refractivity contribution in [1.82, 2.24) is 9.55 Å². The van der Waals surface area contributed by atoms with E-state index in [2.05, 4.69) is 11.9 Å². The Morgan fingerprint density at radius 1 is 1.50 bits per heavy atom. The Morgan fingerprint density at radius 2 is 2.29 bits per heavy atom. The van der Waals surface area contributed by atoms with Crippen molar-refractivity contribution in [2.45, 2.75) is 26.5 Å². The van der Waals surface area contributed by atoms with Gasteiger partial charge in [0.1, 0.15) is 6.73 Å². The third-order valence-electron chi connectivity index (χ3n) is 1.77. The highest BCUT2D eigenvalue weighted by Gasteiger charge is 1.95. The average Bonchev–Trinajstić information content (AvgIpc) is 2.15. The van der Waals surface area contributed by atoms with Crippen molar-refractivity contribution in [3.63, 3.8) is 0 Å². The fraction of sp³-hybridized carbons (Fsp3) is 0.556. The average molecular weight is 198 g/mol. The van der Waals surface area contributed by atoms with Crippen LogP contribution < -0.4 is 11.2 Å². The highest BCUT2D eigenvalue weighted by Crippen LogP contribution is 1.88. The number of aromatic nitrogens is 2. The molecule has 1 rings (SSSR count). The molecule has 0 spiro atoms. The van der Waals surface area contributed by atoms with Crippen LogP contribution in [-0.2, 0) is 11.5 Å². The van der Waals surface area contributed by atoms with Gasteiger partial charge in [-0.2, -0.15) is 0 Å². The molecule has 0 saturated carbocycles. The Bertz CT molecular complexity index is 380. The highest BCUT2D eigenvalue weighted by molar-refractivity contribution is 4.81. The molecule has 5 heteroatoms. The maximum absolute atomic E-state index is 11.1. The van der Waals surface area contributed by atoms with Crippen LogP contribution in [-0.4, -0.2) is 16.2 Å². The summed E-state index contributed by atoms with van der Waals surface area (Å²) < 4.78 is 6.54. The minimum atomic E-state index is -0.436. The van der Waals surface area contributed by atoms with Crippen molar-refractivity contribution < 1.29 is 4.74 Å². The summed E-state index contributed by atoms with van der Waals surface area (Å²) in [5, 5.41) is 0. The van der Waals surface area contributed by atoms with E-state index in [1.54, 1.807) is 0 Å². The summed E-state index contributed by atoms with van der Waals surface area (Å²) >= 11 is 0. The molecule has 78 valence electrons. The second-order valence-corrected chi connectivity index (χ2v) is 2.97. The van der Waals surface area contributed by atoms with Crippen LogP contribution in [0.15, 0.2) is 21.9 Å². The molecule has 1 aromatic heterocycles. The zero-order chi connectivity index (χ0) is 10.4. The predicted octanol–water partition coefficient (Wildman–Crippen LogP) is 0.311. The van der Waals surface area contributed by atoms with E-state index >= 15 is 0 Å². The van der Waals surface area contributed by atoms with Gasteiger partial charge in [-0.05, 0) is 6.42 Å². The fourth-order valence-corrected chi connectivity index (χ4v) is 0.955. The molecule has 0 atom stereocenters. The highest BCUT2D eigenvalue weighted by atomic mass is 16.5. The number of nitrogens with zero attached hydrogens (tertiary/aromatic N) is 1. The van der Waals surface area contributed by atoms with Gasteiger partial charge in [-0.25, -0.2) is 4.79 Å². The first kappa shape index (κ1) is 10.7. The van der Waals surface area contributed by atoms with E-state index in [0.717, 1.165) is 12.8 Å². The molecule has 0 unspecified atom stereocenters. The summed E-state index contributed by atoms with van der Waals surface area (Å²) in [6.07, 6.45) is 3.45. The number of nitrogens with one attached hydrogen (secondary N) is 1. The van der Waals surface area contributed by atoms with E-state index in [4.69, 9.17) is 4.74 Å². The van der Waals surface area contributed by atoms with Crippen molar-refractivity contribution in [1.29, 1.82) is 0 Å². The van der Waals surface area contributed by atoms with Gasteiger partial charge in [0.15, 0.2) is 0 Å². The maximum Gasteiger partial charge on any atom is 0.330 e. The lowest BCUT2D eigenvalue weighted by molar-refractivity contribution is 0.0716. The van der Waals surface area contributed by atoms with Crippen molar-refractivity contribution in [3.8, 4) is 0 Å². The summed E-state index contributed by atoms with van der Waals surface area (Å²) in [5.41, 5.74) is -0.825. The largest absolute Gasteiger partial charge is 0.361 e. The molecule has 0 fully saturated rings. The van der Waals surface area contributed by atoms with Crippen LogP contribution in [0.2, 0.25) is 0 Å². The molecule has 5 nitrogen and oxygen atoms in total. The lowest BCUT2D eigenvalue weighted by Gasteiger charge is -2.04. The smallest absolute Gasteiger partial charge is 0.330 e. The van der Waals surface area contributed by atoms with Gasteiger partial charge in [0.25, 0.3) is 5.56 Å². The minimum Gasteiger partial charge on any atom is -0.361 e. The Morgan fingerprint density at radius 3 is 2.93 bits per heavy atom. The van der Waals surface area contributed by atoms with Crippen LogP contribution in [0, 0.1) is 0 Å². The van der Waals surface area contributed by atoms with Gasteiger partial charge in [0.05, 0.1) is 0 Å². The summed E-state index contributed by atoms with van der Waals surface area (Å²) in [6, 6.07) is 1.30. The number of rotatable bonds is 5. The molecule has 0 saturated heterocycles. The van der Waals surface area contributed by atoms with Gasteiger partial charge in [0, 0.05) is 18.9 Å². The van der Waals surface area contributed by atoms with Crippen LogP contribution in [0.4, 0.5) is 0 Å². The molecule has 0 aliphatic rings. The van der Waals surface area contributed by atoms with E-state index in [1.807, 2.05) is 0 Å². The maximum atomic E-state index is 11.1. The minimum absolute atomic E-state index is 0.190. The van der Waals surface area contributed by atoms with Gasteiger partial charge in [0.2, 0.25) is 0 Å². The third kappa shape index (κ3) is 3.18. The quantitative estimate of drug-likeness (QED) is 0.692. The zero-order valence-corrected chi connectivity index (χ0v) is 8.16. The van der Waals surface area contributed by atoms with E-state index < -0.39 is 5.69 Å². The third-order valence-corrected chi connectivity index (χ3v) is 1.77. The topological polar surface area (TPSA) is 64.1 Å². The van der Waals surface area contributed by atoms with Crippen LogP contribution in [0.5, 0.6) is 0 Å². The van der Waals surface area contributed by atoms with Crippen LogP contribution in [0.1, 0.15) is 19.8 Å². The molecule has 0 aliphatic carbocycles. The Hall–Kier alpha value is -1.36. The number of aromatic amines is 1. The Kier molecular flexibility index (Phi) is 4.12. The molecule has 1 heterocycles. The van der Waals surface area contributed by atoms with E-state index in [0.29, 0.717) is 6.61 Å². The van der Waals surface area contributed by atoms with Gasteiger partial charge in [-0.1, -0.05) is 13.3 Å². The van der Waals surface area contributed by atoms with Crippen molar-refractivity contribution in [3.05, 3.63) is 33.1 Å². The van der Waals surface area contributed by atoms with E-state index in [9.17, 15) is 9.59 Å². The van der Waals surface area contributed by atoms with Crippen molar-refractivity contribution in [2.75, 3.05) is 6.61 Å². The van der Waals surface area contributed by atoms with Gasteiger partial charge in [-0.3, -0.25) is 14.3 Å². The van der Waals surface area contributed by atoms with Crippen LogP contribution in [0.25, 0.3) is 0 Å². The second kappa shape index (κ2) is 5.39. The summed E-state index contributed by atoms with van der Waals surface area (Å²) in [5.74, 6) is 0. The zero-order valence-electron chi connectivity index (χ0n) is 8.16. The predicted molar refractivity (Wildman–Crippen MR) is 52.2 cm³/mol. The van der Waals surface area contributed by atoms with Crippen LogP contribution >= 0.6 is 0 Å². The Balaban J connectivity index is 2.51.